The molecule has 1 aliphatic carbocycles. The molecule has 1 atom stereocenters. The standard InChI is InChI=1S/C13H19N3/c1-2-15-13(14)16-12-9-5-7-10-6-3-4-8-11(10)12/h3-4,6,8,12H,2,5,7,9H2,1H3,(H3,14,15,16). The first kappa shape index (κ1) is 11.0. The van der Waals surface area contributed by atoms with E-state index in [0.717, 1.165) is 13.0 Å². The molecule has 0 fully saturated rings. The van der Waals surface area contributed by atoms with Crippen LogP contribution in [0, 0.1) is 0 Å². The second kappa shape index (κ2) is 5.01. The third kappa shape index (κ3) is 2.35. The topological polar surface area (TPSA) is 50.4 Å². The number of aryl methyl sites for hydroxylation is 1. The summed E-state index contributed by atoms with van der Waals surface area (Å²) in [6.45, 7) is 2.72. The number of nitrogens with zero attached hydrogens (tertiary/aromatic N) is 1. The average Bonchev–Trinajstić information content (AvgIpc) is 2.30. The SMILES string of the molecule is CCN=C(N)NC1CCCc2ccccc21. The molecule has 86 valence electrons. The number of hydrogen-bond acceptors (Lipinski definition) is 1. The van der Waals surface area contributed by atoms with Crippen LogP contribution in [0.2, 0.25) is 0 Å². The number of benzene rings is 1. The van der Waals surface area contributed by atoms with E-state index >= 15 is 0 Å². The molecule has 0 bridgehead atoms. The Morgan fingerprint density at radius 2 is 2.31 bits per heavy atom. The number of rotatable bonds is 2. The van der Waals surface area contributed by atoms with E-state index in [2.05, 4.69) is 34.6 Å². The molecule has 0 radical (unpaired) electrons. The largest absolute Gasteiger partial charge is 0.370 e. The lowest BCUT2D eigenvalue weighted by Gasteiger charge is -2.26. The van der Waals surface area contributed by atoms with Gasteiger partial charge in [0, 0.05) is 6.54 Å². The lowest BCUT2D eigenvalue weighted by atomic mass is 9.88. The maximum Gasteiger partial charge on any atom is 0.189 e. The van der Waals surface area contributed by atoms with Crippen molar-refractivity contribution in [1.29, 1.82) is 0 Å². The molecule has 0 heterocycles. The summed E-state index contributed by atoms with van der Waals surface area (Å²) in [5, 5.41) is 3.30. The molecule has 0 amide bonds. The van der Waals surface area contributed by atoms with Crippen LogP contribution in [-0.2, 0) is 6.42 Å². The van der Waals surface area contributed by atoms with Crippen molar-refractivity contribution in [2.75, 3.05) is 6.54 Å². The van der Waals surface area contributed by atoms with Crippen molar-refractivity contribution in [2.45, 2.75) is 32.2 Å². The maximum absolute atomic E-state index is 5.81. The fraction of sp³-hybridized carbons (Fsp3) is 0.462. The number of fused-ring (bicyclic) bond motifs is 1. The van der Waals surface area contributed by atoms with Crippen molar-refractivity contribution >= 4 is 5.96 Å². The Balaban J connectivity index is 2.16. The van der Waals surface area contributed by atoms with Gasteiger partial charge in [-0.05, 0) is 37.3 Å². The van der Waals surface area contributed by atoms with Crippen LogP contribution in [0.15, 0.2) is 29.3 Å². The van der Waals surface area contributed by atoms with Crippen molar-refractivity contribution in [3.63, 3.8) is 0 Å². The van der Waals surface area contributed by atoms with Crippen LogP contribution in [0.1, 0.15) is 36.9 Å². The van der Waals surface area contributed by atoms with E-state index in [1.165, 1.54) is 24.0 Å². The maximum atomic E-state index is 5.81. The highest BCUT2D eigenvalue weighted by molar-refractivity contribution is 5.78. The molecular weight excluding hydrogens is 198 g/mol. The van der Waals surface area contributed by atoms with Gasteiger partial charge in [-0.15, -0.1) is 0 Å². The Kier molecular flexibility index (Phi) is 3.44. The van der Waals surface area contributed by atoms with Crippen LogP contribution >= 0.6 is 0 Å². The monoisotopic (exact) mass is 217 g/mol. The smallest absolute Gasteiger partial charge is 0.189 e. The van der Waals surface area contributed by atoms with Gasteiger partial charge in [0.15, 0.2) is 5.96 Å². The predicted molar refractivity (Wildman–Crippen MR) is 67.4 cm³/mol. The van der Waals surface area contributed by atoms with E-state index in [9.17, 15) is 0 Å². The second-order valence-electron chi connectivity index (χ2n) is 4.15. The lowest BCUT2D eigenvalue weighted by Crippen LogP contribution is -2.36. The zero-order valence-electron chi connectivity index (χ0n) is 9.74. The van der Waals surface area contributed by atoms with Crippen molar-refractivity contribution in [1.82, 2.24) is 5.32 Å². The van der Waals surface area contributed by atoms with Gasteiger partial charge in [-0.25, -0.2) is 0 Å². The average molecular weight is 217 g/mol. The Labute approximate surface area is 96.8 Å². The van der Waals surface area contributed by atoms with E-state index in [4.69, 9.17) is 5.73 Å². The molecule has 3 heteroatoms. The highest BCUT2D eigenvalue weighted by Gasteiger charge is 2.19. The van der Waals surface area contributed by atoms with E-state index in [1.54, 1.807) is 0 Å². The molecular formula is C13H19N3. The van der Waals surface area contributed by atoms with E-state index in [1.807, 2.05) is 6.92 Å². The Hall–Kier alpha value is -1.51. The molecule has 0 aliphatic heterocycles. The van der Waals surface area contributed by atoms with Crippen LogP contribution in [0.3, 0.4) is 0 Å². The van der Waals surface area contributed by atoms with Crippen molar-refractivity contribution < 1.29 is 0 Å². The number of nitrogens with two attached hydrogens (primary N) is 1. The highest BCUT2D eigenvalue weighted by Crippen LogP contribution is 2.29. The van der Waals surface area contributed by atoms with E-state index in [0.29, 0.717) is 12.0 Å². The highest BCUT2D eigenvalue weighted by atomic mass is 15.1. The molecule has 16 heavy (non-hydrogen) atoms. The summed E-state index contributed by atoms with van der Waals surface area (Å²) in [5.41, 5.74) is 8.63. The van der Waals surface area contributed by atoms with Crippen LogP contribution in [0.4, 0.5) is 0 Å². The first-order valence-electron chi connectivity index (χ1n) is 5.95. The number of nitrogens with one attached hydrogen (secondary N) is 1. The quantitative estimate of drug-likeness (QED) is 0.588. The van der Waals surface area contributed by atoms with Gasteiger partial charge in [0.25, 0.3) is 0 Å². The first-order valence-corrected chi connectivity index (χ1v) is 5.95. The van der Waals surface area contributed by atoms with Gasteiger partial charge in [0.05, 0.1) is 6.04 Å². The third-order valence-electron chi connectivity index (χ3n) is 3.02. The summed E-state index contributed by atoms with van der Waals surface area (Å²) in [5.74, 6) is 0.559. The van der Waals surface area contributed by atoms with Gasteiger partial charge < -0.3 is 11.1 Å². The van der Waals surface area contributed by atoms with E-state index in [-0.39, 0.29) is 0 Å². The zero-order valence-corrected chi connectivity index (χ0v) is 9.74. The minimum Gasteiger partial charge on any atom is -0.370 e. The molecule has 1 aromatic carbocycles. The van der Waals surface area contributed by atoms with Gasteiger partial charge in [0.1, 0.15) is 0 Å². The molecule has 1 aromatic rings. The Morgan fingerprint density at radius 3 is 3.12 bits per heavy atom. The molecule has 2 rings (SSSR count). The number of hydrogen-bond donors (Lipinski definition) is 2. The summed E-state index contributed by atoms with van der Waals surface area (Å²) in [4.78, 5) is 4.17. The molecule has 3 nitrogen and oxygen atoms in total. The first-order chi connectivity index (χ1) is 7.81. The summed E-state index contributed by atoms with van der Waals surface area (Å²) < 4.78 is 0. The van der Waals surface area contributed by atoms with Gasteiger partial charge in [-0.3, -0.25) is 4.99 Å². The van der Waals surface area contributed by atoms with Crippen LogP contribution in [-0.4, -0.2) is 12.5 Å². The van der Waals surface area contributed by atoms with Gasteiger partial charge >= 0.3 is 0 Å². The van der Waals surface area contributed by atoms with Crippen molar-refractivity contribution in [3.8, 4) is 0 Å². The van der Waals surface area contributed by atoms with Crippen LogP contribution in [0.25, 0.3) is 0 Å². The molecule has 1 aliphatic rings. The fourth-order valence-electron chi connectivity index (χ4n) is 2.30. The molecule has 3 N–H and O–H groups in total. The molecule has 1 unspecified atom stereocenters. The lowest BCUT2D eigenvalue weighted by molar-refractivity contribution is 0.525. The van der Waals surface area contributed by atoms with Crippen LogP contribution < -0.4 is 11.1 Å². The fourth-order valence-corrected chi connectivity index (χ4v) is 2.30. The molecule has 0 spiro atoms. The number of aliphatic imine (C=N–C) groups is 1. The van der Waals surface area contributed by atoms with E-state index < -0.39 is 0 Å². The molecule has 0 aromatic heterocycles. The zero-order chi connectivity index (χ0) is 11.4. The minimum atomic E-state index is 0.334. The molecule has 0 saturated heterocycles. The van der Waals surface area contributed by atoms with Gasteiger partial charge in [-0.2, -0.15) is 0 Å². The van der Waals surface area contributed by atoms with Crippen molar-refractivity contribution in [3.05, 3.63) is 35.4 Å². The predicted octanol–water partition coefficient (Wildman–Crippen LogP) is 1.99. The third-order valence-corrected chi connectivity index (χ3v) is 3.02. The normalized spacial score (nSPS) is 20.3. The van der Waals surface area contributed by atoms with Gasteiger partial charge in [0.2, 0.25) is 0 Å². The molecule has 0 saturated carbocycles. The number of guanidine groups is 1. The Morgan fingerprint density at radius 1 is 1.50 bits per heavy atom. The summed E-state index contributed by atoms with van der Waals surface area (Å²) in [7, 11) is 0. The summed E-state index contributed by atoms with van der Waals surface area (Å²) in [6.07, 6.45) is 3.53. The second-order valence-corrected chi connectivity index (χ2v) is 4.15. The summed E-state index contributed by atoms with van der Waals surface area (Å²) in [6, 6.07) is 8.92. The Bertz CT molecular complexity index is 385. The van der Waals surface area contributed by atoms with Gasteiger partial charge in [-0.1, -0.05) is 24.3 Å². The van der Waals surface area contributed by atoms with Crippen LogP contribution in [0.5, 0.6) is 0 Å². The van der Waals surface area contributed by atoms with Crippen molar-refractivity contribution in [2.24, 2.45) is 10.7 Å². The summed E-state index contributed by atoms with van der Waals surface area (Å²) >= 11 is 0. The minimum absolute atomic E-state index is 0.334.